The van der Waals surface area contributed by atoms with Crippen molar-refractivity contribution in [3.05, 3.63) is 64.2 Å². The number of carbonyl (C=O) groups is 1. The van der Waals surface area contributed by atoms with Crippen LogP contribution in [0.1, 0.15) is 16.7 Å². The summed E-state index contributed by atoms with van der Waals surface area (Å²) in [5.74, 6) is 1.04. The molecule has 0 saturated heterocycles. The lowest BCUT2D eigenvalue weighted by Gasteiger charge is -2.23. The molecule has 1 N–H and O–H groups in total. The fraction of sp³-hybridized carbons (Fsp3) is 0.111. The number of carbonyl (C=O) groups excluding carboxylic acids is 1. The van der Waals surface area contributed by atoms with Gasteiger partial charge in [0.15, 0.2) is 0 Å². The largest absolute Gasteiger partial charge is 0.755 e. The average molecular weight is 407 g/mol. The Labute approximate surface area is 163 Å². The van der Waals surface area contributed by atoms with E-state index in [1.807, 2.05) is 0 Å². The molecule has 1 heterocycles. The lowest BCUT2D eigenvalue weighted by Crippen LogP contribution is -2.23. The zero-order valence-corrected chi connectivity index (χ0v) is 15.7. The SMILES string of the molecule is C#Cc1cc(CNC(=O)C=Cc2ccc(Cl)nc2)cc(F)c1N(C)S(=O)[O-]. The zero-order valence-electron chi connectivity index (χ0n) is 14.1. The van der Waals surface area contributed by atoms with E-state index in [1.165, 1.54) is 25.4 Å². The van der Waals surface area contributed by atoms with E-state index in [0.717, 1.165) is 6.07 Å². The Bertz CT molecular complexity index is 942. The molecule has 27 heavy (non-hydrogen) atoms. The summed E-state index contributed by atoms with van der Waals surface area (Å²) in [6.07, 6.45) is 9.70. The summed E-state index contributed by atoms with van der Waals surface area (Å²) in [5.41, 5.74) is 0.919. The normalized spacial score (nSPS) is 11.8. The fourth-order valence-electron chi connectivity index (χ4n) is 2.17. The molecular weight excluding hydrogens is 393 g/mol. The summed E-state index contributed by atoms with van der Waals surface area (Å²) >= 11 is 3.01. The Kier molecular flexibility index (Phi) is 7.07. The van der Waals surface area contributed by atoms with Crippen LogP contribution >= 0.6 is 11.6 Å². The molecule has 1 unspecified atom stereocenters. The smallest absolute Gasteiger partial charge is 0.244 e. The molecule has 0 aliphatic rings. The highest BCUT2D eigenvalue weighted by molar-refractivity contribution is 7.80. The van der Waals surface area contributed by atoms with Crippen LogP contribution in [-0.4, -0.2) is 26.7 Å². The summed E-state index contributed by atoms with van der Waals surface area (Å²) < 4.78 is 37.1. The molecule has 140 valence electrons. The molecular formula is C18H14ClFN3O3S-. The molecule has 2 aromatic rings. The maximum Gasteiger partial charge on any atom is 0.244 e. The van der Waals surface area contributed by atoms with E-state index in [2.05, 4.69) is 16.2 Å². The molecule has 0 radical (unpaired) electrons. The molecule has 0 aliphatic heterocycles. The summed E-state index contributed by atoms with van der Waals surface area (Å²) in [6, 6.07) is 5.85. The van der Waals surface area contributed by atoms with E-state index in [0.29, 0.717) is 20.6 Å². The van der Waals surface area contributed by atoms with Crippen LogP contribution in [0.15, 0.2) is 36.5 Å². The molecule has 1 aromatic carbocycles. The highest BCUT2D eigenvalue weighted by atomic mass is 35.5. The third-order valence-electron chi connectivity index (χ3n) is 3.46. The van der Waals surface area contributed by atoms with Crippen LogP contribution in [0.25, 0.3) is 6.08 Å². The Morgan fingerprint density at radius 2 is 2.26 bits per heavy atom. The third kappa shape index (κ3) is 5.62. The minimum Gasteiger partial charge on any atom is -0.755 e. The second-order valence-corrected chi connectivity index (χ2v) is 6.67. The highest BCUT2D eigenvalue weighted by Crippen LogP contribution is 2.25. The highest BCUT2D eigenvalue weighted by Gasteiger charge is 2.15. The lowest BCUT2D eigenvalue weighted by atomic mass is 10.1. The van der Waals surface area contributed by atoms with E-state index in [4.69, 9.17) is 18.0 Å². The maximum absolute atomic E-state index is 14.3. The van der Waals surface area contributed by atoms with Gasteiger partial charge in [0.05, 0.1) is 11.3 Å². The molecule has 0 saturated carbocycles. The van der Waals surface area contributed by atoms with E-state index in [-0.39, 0.29) is 17.8 Å². The van der Waals surface area contributed by atoms with Crippen molar-refractivity contribution in [3.63, 3.8) is 0 Å². The number of hydrogen-bond acceptors (Lipinski definition) is 4. The van der Waals surface area contributed by atoms with Gasteiger partial charge in [-0.15, -0.1) is 6.42 Å². The van der Waals surface area contributed by atoms with E-state index in [9.17, 15) is 17.9 Å². The Morgan fingerprint density at radius 3 is 2.85 bits per heavy atom. The fourth-order valence-corrected chi connectivity index (χ4v) is 2.61. The van der Waals surface area contributed by atoms with Crippen LogP contribution in [0.5, 0.6) is 0 Å². The number of nitrogens with zero attached hydrogens (tertiary/aromatic N) is 2. The van der Waals surface area contributed by atoms with Crippen LogP contribution in [0.3, 0.4) is 0 Å². The number of halogens is 2. The number of terminal acetylenes is 1. The predicted octanol–water partition coefficient (Wildman–Crippen LogP) is 2.42. The van der Waals surface area contributed by atoms with Crippen molar-refractivity contribution in [3.8, 4) is 12.3 Å². The Hall–Kier alpha value is -2.73. The summed E-state index contributed by atoms with van der Waals surface area (Å²) in [4.78, 5) is 15.8. The molecule has 2 rings (SSSR count). The van der Waals surface area contributed by atoms with Gasteiger partial charge in [-0.3, -0.25) is 9.00 Å². The van der Waals surface area contributed by atoms with Gasteiger partial charge < -0.3 is 14.2 Å². The molecule has 0 bridgehead atoms. The van der Waals surface area contributed by atoms with E-state index >= 15 is 0 Å². The number of aromatic nitrogens is 1. The molecule has 0 aliphatic carbocycles. The van der Waals surface area contributed by atoms with Crippen molar-refractivity contribution in [1.82, 2.24) is 10.3 Å². The van der Waals surface area contributed by atoms with Crippen LogP contribution in [-0.2, 0) is 22.6 Å². The van der Waals surface area contributed by atoms with Crippen LogP contribution in [0.2, 0.25) is 5.15 Å². The van der Waals surface area contributed by atoms with Gasteiger partial charge >= 0.3 is 0 Å². The lowest BCUT2D eigenvalue weighted by molar-refractivity contribution is -0.116. The molecule has 1 atom stereocenters. The van der Waals surface area contributed by atoms with E-state index < -0.39 is 23.0 Å². The number of hydrogen-bond donors (Lipinski definition) is 1. The van der Waals surface area contributed by atoms with Gasteiger partial charge in [-0.1, -0.05) is 23.6 Å². The Morgan fingerprint density at radius 1 is 1.52 bits per heavy atom. The zero-order chi connectivity index (χ0) is 20.0. The van der Waals surface area contributed by atoms with Crippen LogP contribution < -0.4 is 9.62 Å². The van der Waals surface area contributed by atoms with Gasteiger partial charge in [-0.2, -0.15) is 0 Å². The van der Waals surface area contributed by atoms with Crippen molar-refractivity contribution in [2.24, 2.45) is 0 Å². The predicted molar refractivity (Wildman–Crippen MR) is 102 cm³/mol. The van der Waals surface area contributed by atoms with Gasteiger partial charge in [0.25, 0.3) is 0 Å². The number of anilines is 1. The summed E-state index contributed by atoms with van der Waals surface area (Å²) in [7, 11) is 1.18. The van der Waals surface area contributed by atoms with Crippen LogP contribution in [0, 0.1) is 18.2 Å². The third-order valence-corrected chi connectivity index (χ3v) is 4.31. The molecule has 1 aromatic heterocycles. The van der Waals surface area contributed by atoms with Crippen molar-refractivity contribution < 1.29 is 17.9 Å². The van der Waals surface area contributed by atoms with Crippen molar-refractivity contribution in [2.75, 3.05) is 11.4 Å². The minimum absolute atomic E-state index is 0.0120. The first-order chi connectivity index (χ1) is 12.8. The number of benzene rings is 1. The molecule has 0 fully saturated rings. The van der Waals surface area contributed by atoms with Gasteiger partial charge in [-0.05, 0) is 35.4 Å². The number of pyridine rings is 1. The molecule has 6 nitrogen and oxygen atoms in total. The second-order valence-electron chi connectivity index (χ2n) is 5.30. The number of rotatable bonds is 6. The summed E-state index contributed by atoms with van der Waals surface area (Å²) in [6.45, 7) is 0.0120. The van der Waals surface area contributed by atoms with E-state index in [1.54, 1.807) is 18.2 Å². The first-order valence-electron chi connectivity index (χ1n) is 7.51. The van der Waals surface area contributed by atoms with Crippen molar-refractivity contribution in [2.45, 2.75) is 6.54 Å². The second kappa shape index (κ2) is 9.28. The summed E-state index contributed by atoms with van der Waals surface area (Å²) in [5, 5.41) is 2.93. The topological polar surface area (TPSA) is 85.4 Å². The number of amides is 1. The monoisotopic (exact) mass is 406 g/mol. The average Bonchev–Trinajstić information content (AvgIpc) is 2.64. The number of nitrogens with one attached hydrogen (secondary N) is 1. The maximum atomic E-state index is 14.3. The first-order valence-corrected chi connectivity index (χ1v) is 8.92. The van der Waals surface area contributed by atoms with Crippen LogP contribution in [0.4, 0.5) is 10.1 Å². The van der Waals surface area contributed by atoms with Gasteiger partial charge in [-0.25, -0.2) is 9.37 Å². The van der Waals surface area contributed by atoms with Gasteiger partial charge in [0, 0.05) is 37.1 Å². The van der Waals surface area contributed by atoms with Crippen molar-refractivity contribution in [1.29, 1.82) is 0 Å². The first kappa shape index (κ1) is 20.6. The quantitative estimate of drug-likeness (QED) is 0.345. The molecule has 0 spiro atoms. The standard InChI is InChI=1S/C18H15ClFN3O3S/c1-3-14-8-13(9-15(20)18(14)23(2)27(25)26)11-22-17(24)7-5-12-4-6-16(19)21-10-12/h1,4-10H,11H2,2H3,(H,22,24)(H,25,26)/p-1. The van der Waals surface area contributed by atoms with Gasteiger partial charge in [0.2, 0.25) is 5.91 Å². The Balaban J connectivity index is 2.08. The molecule has 1 amide bonds. The van der Waals surface area contributed by atoms with Crippen molar-refractivity contribution >= 4 is 40.5 Å². The van der Waals surface area contributed by atoms with Gasteiger partial charge in [0.1, 0.15) is 11.0 Å². The molecule has 9 heteroatoms. The minimum atomic E-state index is -2.67.